The van der Waals surface area contributed by atoms with Gasteiger partial charge >= 0.3 is 11.9 Å². The number of esters is 1. The van der Waals surface area contributed by atoms with Crippen LogP contribution in [0.3, 0.4) is 0 Å². The fraction of sp³-hybridized carbons (Fsp3) is 0.571. The number of furan rings is 1. The number of hydrogen-bond donors (Lipinski definition) is 2. The molecular weight excluding hydrogens is 262 g/mol. The van der Waals surface area contributed by atoms with Crippen LogP contribution in [0.15, 0.2) is 16.5 Å². The lowest BCUT2D eigenvalue weighted by molar-refractivity contribution is -0.142. The van der Waals surface area contributed by atoms with Gasteiger partial charge < -0.3 is 19.6 Å². The predicted molar refractivity (Wildman–Crippen MR) is 72.3 cm³/mol. The van der Waals surface area contributed by atoms with Gasteiger partial charge in [-0.3, -0.25) is 4.79 Å². The molecule has 6 nitrogen and oxygen atoms in total. The third-order valence-corrected chi connectivity index (χ3v) is 2.84. The van der Waals surface area contributed by atoms with Gasteiger partial charge in [0, 0.05) is 6.54 Å². The van der Waals surface area contributed by atoms with E-state index < -0.39 is 17.9 Å². The van der Waals surface area contributed by atoms with Crippen LogP contribution in [0.2, 0.25) is 0 Å². The van der Waals surface area contributed by atoms with Crippen LogP contribution in [0.5, 0.6) is 0 Å². The second-order valence-corrected chi connectivity index (χ2v) is 5.05. The van der Waals surface area contributed by atoms with E-state index in [4.69, 9.17) is 9.52 Å². The Hall–Kier alpha value is -1.82. The van der Waals surface area contributed by atoms with Crippen molar-refractivity contribution >= 4 is 11.9 Å². The van der Waals surface area contributed by atoms with E-state index in [1.165, 1.54) is 13.2 Å². The molecule has 0 spiro atoms. The summed E-state index contributed by atoms with van der Waals surface area (Å²) < 4.78 is 9.81. The smallest absolute Gasteiger partial charge is 0.373 e. The monoisotopic (exact) mass is 283 g/mol. The second-order valence-electron chi connectivity index (χ2n) is 5.05. The lowest BCUT2D eigenvalue weighted by Crippen LogP contribution is -2.29. The molecule has 0 saturated carbocycles. The number of aliphatic carboxylic acids is 1. The van der Waals surface area contributed by atoms with E-state index in [2.05, 4.69) is 10.1 Å². The lowest BCUT2D eigenvalue weighted by atomic mass is 9.97. The van der Waals surface area contributed by atoms with Gasteiger partial charge in [-0.2, -0.15) is 0 Å². The molecule has 0 aliphatic rings. The summed E-state index contributed by atoms with van der Waals surface area (Å²) in [6.07, 6.45) is 0.619. The summed E-state index contributed by atoms with van der Waals surface area (Å²) in [5, 5.41) is 12.1. The van der Waals surface area contributed by atoms with Gasteiger partial charge in [0.25, 0.3) is 0 Å². The average Bonchev–Trinajstić information content (AvgIpc) is 2.84. The van der Waals surface area contributed by atoms with E-state index in [0.29, 0.717) is 31.2 Å². The van der Waals surface area contributed by atoms with Gasteiger partial charge in [0.05, 0.1) is 19.6 Å². The van der Waals surface area contributed by atoms with Crippen molar-refractivity contribution in [3.05, 3.63) is 23.7 Å². The molecule has 1 rings (SSSR count). The van der Waals surface area contributed by atoms with Crippen LogP contribution < -0.4 is 5.32 Å². The van der Waals surface area contributed by atoms with Gasteiger partial charge in [0.2, 0.25) is 5.76 Å². The van der Waals surface area contributed by atoms with Crippen molar-refractivity contribution in [3.63, 3.8) is 0 Å². The largest absolute Gasteiger partial charge is 0.481 e. The summed E-state index contributed by atoms with van der Waals surface area (Å²) in [5.74, 6) is -0.724. The fourth-order valence-electron chi connectivity index (χ4n) is 1.89. The van der Waals surface area contributed by atoms with E-state index in [1.807, 2.05) is 13.8 Å². The van der Waals surface area contributed by atoms with Crippen LogP contribution in [0.4, 0.5) is 0 Å². The van der Waals surface area contributed by atoms with E-state index in [0.717, 1.165) is 0 Å². The third kappa shape index (κ3) is 5.05. The quantitative estimate of drug-likeness (QED) is 0.708. The number of rotatable bonds is 8. The zero-order valence-electron chi connectivity index (χ0n) is 12.0. The van der Waals surface area contributed by atoms with Gasteiger partial charge in [-0.1, -0.05) is 13.8 Å². The molecule has 1 unspecified atom stereocenters. The number of carbonyl (C=O) groups excluding carboxylic acids is 1. The molecule has 0 aliphatic heterocycles. The number of hydrogen-bond acceptors (Lipinski definition) is 5. The Morgan fingerprint density at radius 1 is 1.40 bits per heavy atom. The highest BCUT2D eigenvalue weighted by Gasteiger charge is 2.18. The maximum absolute atomic E-state index is 11.2. The van der Waals surface area contributed by atoms with Crippen LogP contribution in [0.1, 0.15) is 36.6 Å². The molecule has 2 N–H and O–H groups in total. The SMILES string of the molecule is COC(=O)c1ccc(CNCC(CC(C)C)C(=O)O)o1. The summed E-state index contributed by atoms with van der Waals surface area (Å²) in [6, 6.07) is 3.20. The Labute approximate surface area is 118 Å². The van der Waals surface area contributed by atoms with E-state index in [1.54, 1.807) is 6.07 Å². The van der Waals surface area contributed by atoms with Crippen molar-refractivity contribution in [1.82, 2.24) is 5.32 Å². The van der Waals surface area contributed by atoms with Crippen LogP contribution in [-0.2, 0) is 16.1 Å². The Morgan fingerprint density at radius 3 is 2.65 bits per heavy atom. The summed E-state index contributed by atoms with van der Waals surface area (Å²) in [7, 11) is 1.28. The predicted octanol–water partition coefficient (Wildman–Crippen LogP) is 1.90. The zero-order chi connectivity index (χ0) is 15.1. The number of nitrogens with one attached hydrogen (secondary N) is 1. The topological polar surface area (TPSA) is 88.8 Å². The minimum Gasteiger partial charge on any atom is -0.481 e. The first kappa shape index (κ1) is 16.2. The molecular formula is C14H21NO5. The van der Waals surface area contributed by atoms with Gasteiger partial charge in [-0.05, 0) is 24.5 Å². The summed E-state index contributed by atoms with van der Waals surface area (Å²) >= 11 is 0. The van der Waals surface area contributed by atoms with Crippen LogP contribution >= 0.6 is 0 Å². The van der Waals surface area contributed by atoms with Crippen LogP contribution in [-0.4, -0.2) is 30.7 Å². The molecule has 1 heterocycles. The van der Waals surface area contributed by atoms with E-state index in [9.17, 15) is 9.59 Å². The van der Waals surface area contributed by atoms with Crippen molar-refractivity contribution in [2.24, 2.45) is 11.8 Å². The first-order chi connectivity index (χ1) is 9.43. The van der Waals surface area contributed by atoms with E-state index in [-0.39, 0.29) is 5.76 Å². The third-order valence-electron chi connectivity index (χ3n) is 2.84. The summed E-state index contributed by atoms with van der Waals surface area (Å²) in [6.45, 7) is 4.72. The average molecular weight is 283 g/mol. The first-order valence-corrected chi connectivity index (χ1v) is 6.54. The normalized spacial score (nSPS) is 12.4. The molecule has 0 aliphatic carbocycles. The summed E-state index contributed by atoms with van der Waals surface area (Å²) in [4.78, 5) is 22.3. The van der Waals surface area contributed by atoms with Gasteiger partial charge in [0.15, 0.2) is 0 Å². The minimum atomic E-state index is -0.805. The zero-order valence-corrected chi connectivity index (χ0v) is 12.0. The van der Waals surface area contributed by atoms with Crippen molar-refractivity contribution in [1.29, 1.82) is 0 Å². The van der Waals surface area contributed by atoms with Gasteiger partial charge in [-0.15, -0.1) is 0 Å². The van der Waals surface area contributed by atoms with Crippen molar-refractivity contribution in [2.45, 2.75) is 26.8 Å². The summed E-state index contributed by atoms with van der Waals surface area (Å²) in [5.41, 5.74) is 0. The standard InChI is InChI=1S/C14H21NO5/c1-9(2)6-10(13(16)17)7-15-8-11-4-5-12(20-11)14(18)19-3/h4-5,9-10,15H,6-8H2,1-3H3,(H,16,17). The highest BCUT2D eigenvalue weighted by molar-refractivity contribution is 5.86. The fourth-order valence-corrected chi connectivity index (χ4v) is 1.89. The number of ether oxygens (including phenoxy) is 1. The van der Waals surface area contributed by atoms with Crippen molar-refractivity contribution < 1.29 is 23.8 Å². The maximum Gasteiger partial charge on any atom is 0.373 e. The Kier molecular flexibility index (Phi) is 6.24. The van der Waals surface area contributed by atoms with Crippen LogP contribution in [0.25, 0.3) is 0 Å². The number of carboxylic acid groups (broad SMARTS) is 1. The molecule has 1 aromatic heterocycles. The Morgan fingerprint density at radius 2 is 2.10 bits per heavy atom. The Balaban J connectivity index is 2.44. The van der Waals surface area contributed by atoms with Gasteiger partial charge in [0.1, 0.15) is 5.76 Å². The maximum atomic E-state index is 11.2. The molecule has 0 aromatic carbocycles. The molecule has 20 heavy (non-hydrogen) atoms. The van der Waals surface area contributed by atoms with Crippen LogP contribution in [0, 0.1) is 11.8 Å². The molecule has 0 amide bonds. The number of carboxylic acids is 1. The second kappa shape index (κ2) is 7.69. The lowest BCUT2D eigenvalue weighted by Gasteiger charge is -2.14. The molecule has 112 valence electrons. The minimum absolute atomic E-state index is 0.140. The molecule has 1 aromatic rings. The van der Waals surface area contributed by atoms with E-state index >= 15 is 0 Å². The number of carbonyl (C=O) groups is 2. The molecule has 1 atom stereocenters. The molecule has 0 radical (unpaired) electrons. The molecule has 0 fully saturated rings. The molecule has 6 heteroatoms. The highest BCUT2D eigenvalue weighted by atomic mass is 16.5. The molecule has 0 bridgehead atoms. The van der Waals surface area contributed by atoms with Crippen molar-refractivity contribution in [2.75, 3.05) is 13.7 Å². The first-order valence-electron chi connectivity index (χ1n) is 6.54. The highest BCUT2D eigenvalue weighted by Crippen LogP contribution is 2.12. The van der Waals surface area contributed by atoms with Crippen molar-refractivity contribution in [3.8, 4) is 0 Å². The number of methoxy groups -OCH3 is 1. The Bertz CT molecular complexity index is 452. The molecule has 0 saturated heterocycles. The van der Waals surface area contributed by atoms with Gasteiger partial charge in [-0.25, -0.2) is 4.79 Å².